The standard InChI is InChI=1S/C9H6BrNO4S3/c10-8-7(3-6(17-8)9(12)13)18(14,15)11-5-1-2-16-4-5/h1-4,11H,(H,12,13). The minimum Gasteiger partial charge on any atom is -0.477 e. The van der Waals surface area contributed by atoms with Crippen LogP contribution in [0.1, 0.15) is 9.67 Å². The molecule has 2 aromatic heterocycles. The lowest BCUT2D eigenvalue weighted by molar-refractivity contribution is 0.0702. The van der Waals surface area contributed by atoms with Gasteiger partial charge in [0.2, 0.25) is 0 Å². The number of halogens is 1. The fraction of sp³-hybridized carbons (Fsp3) is 0. The van der Waals surface area contributed by atoms with Gasteiger partial charge in [-0.05, 0) is 33.4 Å². The average Bonchev–Trinajstić information content (AvgIpc) is 2.86. The third-order valence-electron chi connectivity index (χ3n) is 1.93. The van der Waals surface area contributed by atoms with Gasteiger partial charge in [0, 0.05) is 5.38 Å². The van der Waals surface area contributed by atoms with Crippen LogP contribution in [0.25, 0.3) is 0 Å². The molecule has 0 unspecified atom stereocenters. The van der Waals surface area contributed by atoms with Gasteiger partial charge in [0.15, 0.2) is 0 Å². The molecule has 0 saturated heterocycles. The number of hydrogen-bond acceptors (Lipinski definition) is 5. The number of sulfonamides is 1. The van der Waals surface area contributed by atoms with Crippen molar-refractivity contribution in [2.45, 2.75) is 4.90 Å². The molecule has 18 heavy (non-hydrogen) atoms. The summed E-state index contributed by atoms with van der Waals surface area (Å²) in [7, 11) is -3.77. The Balaban J connectivity index is 2.38. The lowest BCUT2D eigenvalue weighted by atomic mass is 10.5. The number of nitrogens with one attached hydrogen (secondary N) is 1. The van der Waals surface area contributed by atoms with Crippen molar-refractivity contribution in [1.29, 1.82) is 0 Å². The Kier molecular flexibility index (Phi) is 3.76. The highest BCUT2D eigenvalue weighted by Crippen LogP contribution is 2.33. The van der Waals surface area contributed by atoms with E-state index in [4.69, 9.17) is 5.11 Å². The van der Waals surface area contributed by atoms with Crippen molar-refractivity contribution < 1.29 is 18.3 Å². The summed E-state index contributed by atoms with van der Waals surface area (Å²) in [5.41, 5.74) is 0.454. The Morgan fingerprint density at radius 1 is 1.44 bits per heavy atom. The molecule has 0 saturated carbocycles. The predicted octanol–water partition coefficient (Wildman–Crippen LogP) is 3.07. The number of rotatable bonds is 4. The van der Waals surface area contributed by atoms with E-state index in [1.807, 2.05) is 0 Å². The van der Waals surface area contributed by atoms with Crippen molar-refractivity contribution in [3.63, 3.8) is 0 Å². The number of carboxylic acid groups (broad SMARTS) is 1. The molecule has 5 nitrogen and oxygen atoms in total. The summed E-state index contributed by atoms with van der Waals surface area (Å²) < 4.78 is 26.7. The van der Waals surface area contributed by atoms with Crippen molar-refractivity contribution in [3.05, 3.63) is 31.6 Å². The Morgan fingerprint density at radius 3 is 2.67 bits per heavy atom. The molecule has 2 rings (SSSR count). The van der Waals surface area contributed by atoms with E-state index in [0.29, 0.717) is 5.69 Å². The zero-order valence-electron chi connectivity index (χ0n) is 8.58. The minimum atomic E-state index is -3.77. The highest BCUT2D eigenvalue weighted by molar-refractivity contribution is 9.11. The van der Waals surface area contributed by atoms with E-state index in [-0.39, 0.29) is 13.6 Å². The number of aromatic carboxylic acids is 1. The molecule has 0 aromatic carbocycles. The van der Waals surface area contributed by atoms with E-state index in [1.165, 1.54) is 11.3 Å². The van der Waals surface area contributed by atoms with Gasteiger partial charge >= 0.3 is 5.97 Å². The van der Waals surface area contributed by atoms with E-state index >= 15 is 0 Å². The Hall–Kier alpha value is -0.900. The Bertz CT molecular complexity index is 675. The van der Waals surface area contributed by atoms with Gasteiger partial charge in [0.05, 0.1) is 9.47 Å². The van der Waals surface area contributed by atoms with Crippen LogP contribution in [0.15, 0.2) is 31.6 Å². The van der Waals surface area contributed by atoms with Crippen molar-refractivity contribution in [1.82, 2.24) is 0 Å². The average molecular weight is 368 g/mol. The van der Waals surface area contributed by atoms with Crippen molar-refractivity contribution in [2.24, 2.45) is 0 Å². The predicted molar refractivity (Wildman–Crippen MR) is 74.1 cm³/mol. The van der Waals surface area contributed by atoms with Gasteiger partial charge in [-0.2, -0.15) is 11.3 Å². The molecular formula is C9H6BrNO4S3. The molecule has 0 fully saturated rings. The second kappa shape index (κ2) is 5.00. The van der Waals surface area contributed by atoms with E-state index in [2.05, 4.69) is 20.7 Å². The first kappa shape index (κ1) is 13.5. The first-order valence-corrected chi connectivity index (χ1v) is 8.51. The summed E-state index contributed by atoms with van der Waals surface area (Å²) in [6, 6.07) is 2.76. The maximum atomic E-state index is 12.0. The molecule has 0 aliphatic heterocycles. The monoisotopic (exact) mass is 367 g/mol. The third-order valence-corrected chi connectivity index (χ3v) is 6.23. The molecule has 0 bridgehead atoms. The van der Waals surface area contributed by atoms with Crippen LogP contribution in [0.2, 0.25) is 0 Å². The van der Waals surface area contributed by atoms with E-state index < -0.39 is 16.0 Å². The summed E-state index contributed by atoms with van der Waals surface area (Å²) >= 11 is 5.29. The fourth-order valence-electron chi connectivity index (χ4n) is 1.17. The highest BCUT2D eigenvalue weighted by Gasteiger charge is 2.23. The lowest BCUT2D eigenvalue weighted by Gasteiger charge is -2.04. The van der Waals surface area contributed by atoms with Crippen LogP contribution in [0, 0.1) is 0 Å². The SMILES string of the molecule is O=C(O)c1cc(S(=O)(=O)Nc2ccsc2)c(Br)s1. The first-order valence-electron chi connectivity index (χ1n) is 4.48. The third kappa shape index (κ3) is 2.74. The number of carboxylic acids is 1. The fourth-order valence-corrected chi connectivity index (χ4v) is 5.29. The minimum absolute atomic E-state index is 0.0347. The summed E-state index contributed by atoms with van der Waals surface area (Å²) in [5.74, 6) is -1.15. The molecule has 9 heteroatoms. The van der Waals surface area contributed by atoms with Crippen molar-refractivity contribution in [3.8, 4) is 0 Å². The molecule has 0 aliphatic rings. The van der Waals surface area contributed by atoms with E-state index in [9.17, 15) is 13.2 Å². The zero-order valence-corrected chi connectivity index (χ0v) is 12.6. The van der Waals surface area contributed by atoms with Crippen LogP contribution in [0.5, 0.6) is 0 Å². The molecule has 2 N–H and O–H groups in total. The maximum Gasteiger partial charge on any atom is 0.345 e. The lowest BCUT2D eigenvalue weighted by Crippen LogP contribution is -2.12. The second-order valence-electron chi connectivity index (χ2n) is 3.17. The van der Waals surface area contributed by atoms with Gasteiger partial charge in [0.1, 0.15) is 9.77 Å². The molecule has 96 valence electrons. The smallest absolute Gasteiger partial charge is 0.345 e. The Morgan fingerprint density at radius 2 is 2.17 bits per heavy atom. The molecular weight excluding hydrogens is 362 g/mol. The van der Waals surface area contributed by atoms with Gasteiger partial charge < -0.3 is 5.11 Å². The number of carbonyl (C=O) groups is 1. The molecule has 2 heterocycles. The van der Waals surface area contributed by atoms with Crippen LogP contribution >= 0.6 is 38.6 Å². The van der Waals surface area contributed by atoms with Gasteiger partial charge in [-0.1, -0.05) is 0 Å². The largest absolute Gasteiger partial charge is 0.477 e. The first-order chi connectivity index (χ1) is 8.40. The van der Waals surface area contributed by atoms with Crippen molar-refractivity contribution in [2.75, 3.05) is 4.72 Å². The van der Waals surface area contributed by atoms with Crippen LogP contribution in [0.4, 0.5) is 5.69 Å². The van der Waals surface area contributed by atoms with Gasteiger partial charge in [-0.25, -0.2) is 13.2 Å². The maximum absolute atomic E-state index is 12.0. The Labute approximate surface area is 119 Å². The number of hydrogen-bond donors (Lipinski definition) is 2. The van der Waals surface area contributed by atoms with Crippen LogP contribution in [-0.4, -0.2) is 19.5 Å². The number of thiophene rings is 2. The summed E-state index contributed by atoms with van der Waals surface area (Å²) in [6.45, 7) is 0. The summed E-state index contributed by atoms with van der Waals surface area (Å²) in [4.78, 5) is 10.7. The molecule has 2 aromatic rings. The summed E-state index contributed by atoms with van der Waals surface area (Å²) in [6.07, 6.45) is 0. The van der Waals surface area contributed by atoms with E-state index in [0.717, 1.165) is 17.4 Å². The molecule has 0 spiro atoms. The van der Waals surface area contributed by atoms with Gasteiger partial charge in [-0.15, -0.1) is 11.3 Å². The van der Waals surface area contributed by atoms with Gasteiger partial charge in [0.25, 0.3) is 10.0 Å². The normalized spacial score (nSPS) is 11.4. The molecule has 0 amide bonds. The van der Waals surface area contributed by atoms with Crippen LogP contribution < -0.4 is 4.72 Å². The van der Waals surface area contributed by atoms with Gasteiger partial charge in [-0.3, -0.25) is 4.72 Å². The summed E-state index contributed by atoms with van der Waals surface area (Å²) in [5, 5.41) is 12.2. The van der Waals surface area contributed by atoms with Crippen LogP contribution in [0.3, 0.4) is 0 Å². The molecule has 0 radical (unpaired) electrons. The topological polar surface area (TPSA) is 83.5 Å². The zero-order chi connectivity index (χ0) is 13.3. The van der Waals surface area contributed by atoms with Crippen molar-refractivity contribution >= 4 is 60.3 Å². The number of anilines is 1. The van der Waals surface area contributed by atoms with E-state index in [1.54, 1.807) is 16.8 Å². The second-order valence-corrected chi connectivity index (χ2v) is 7.97. The molecule has 0 atom stereocenters. The van der Waals surface area contributed by atoms with Crippen LogP contribution in [-0.2, 0) is 10.0 Å². The molecule has 0 aliphatic carbocycles. The quantitative estimate of drug-likeness (QED) is 0.869. The highest BCUT2D eigenvalue weighted by atomic mass is 79.9.